The molecule has 2 heterocycles. The summed E-state index contributed by atoms with van der Waals surface area (Å²) in [6, 6.07) is 10.4. The standard InChI is InChI=1S/C19H21N3O4/c1-14-5-6-16(23)15(12-14)19(25)26-13-18(24)22-10-8-21(9-11-22)17-4-2-3-7-20-17/h2-7,12,23H,8-11,13H2,1H3. The number of nitrogens with zero attached hydrogens (tertiary/aromatic N) is 3. The Morgan fingerprint density at radius 1 is 1.15 bits per heavy atom. The Labute approximate surface area is 151 Å². The molecule has 1 aliphatic rings. The summed E-state index contributed by atoms with van der Waals surface area (Å²) in [6.45, 7) is 3.91. The summed E-state index contributed by atoms with van der Waals surface area (Å²) in [6.07, 6.45) is 1.74. The predicted molar refractivity (Wildman–Crippen MR) is 96.2 cm³/mol. The third kappa shape index (κ3) is 4.11. The molecule has 26 heavy (non-hydrogen) atoms. The van der Waals surface area contributed by atoms with Gasteiger partial charge >= 0.3 is 5.97 Å². The number of piperazine rings is 1. The second-order valence-electron chi connectivity index (χ2n) is 6.15. The van der Waals surface area contributed by atoms with Gasteiger partial charge in [-0.15, -0.1) is 0 Å². The number of carbonyl (C=O) groups excluding carboxylic acids is 2. The molecule has 1 aromatic carbocycles. The topological polar surface area (TPSA) is 83.0 Å². The van der Waals surface area contributed by atoms with E-state index in [4.69, 9.17) is 4.74 Å². The second-order valence-corrected chi connectivity index (χ2v) is 6.15. The number of esters is 1. The monoisotopic (exact) mass is 355 g/mol. The van der Waals surface area contributed by atoms with Gasteiger partial charge in [0, 0.05) is 32.4 Å². The van der Waals surface area contributed by atoms with E-state index in [1.807, 2.05) is 25.1 Å². The highest BCUT2D eigenvalue weighted by molar-refractivity contribution is 5.94. The van der Waals surface area contributed by atoms with Gasteiger partial charge in [-0.3, -0.25) is 4.79 Å². The maximum atomic E-state index is 12.3. The molecule has 0 saturated carbocycles. The van der Waals surface area contributed by atoms with Gasteiger partial charge in [-0.2, -0.15) is 0 Å². The molecule has 0 bridgehead atoms. The molecule has 0 spiro atoms. The molecular formula is C19H21N3O4. The van der Waals surface area contributed by atoms with E-state index in [-0.39, 0.29) is 23.8 Å². The Bertz CT molecular complexity index is 787. The molecule has 1 N–H and O–H groups in total. The fourth-order valence-corrected chi connectivity index (χ4v) is 2.84. The number of anilines is 1. The van der Waals surface area contributed by atoms with E-state index in [0.29, 0.717) is 26.2 Å². The van der Waals surface area contributed by atoms with Crippen molar-refractivity contribution in [3.8, 4) is 5.75 Å². The molecular weight excluding hydrogens is 334 g/mol. The van der Waals surface area contributed by atoms with Crippen LogP contribution in [0.1, 0.15) is 15.9 Å². The van der Waals surface area contributed by atoms with E-state index in [9.17, 15) is 14.7 Å². The van der Waals surface area contributed by atoms with E-state index in [2.05, 4.69) is 9.88 Å². The summed E-state index contributed by atoms with van der Waals surface area (Å²) in [5.41, 5.74) is 0.893. The van der Waals surface area contributed by atoms with E-state index in [0.717, 1.165) is 11.4 Å². The Balaban J connectivity index is 1.50. The number of phenols is 1. The van der Waals surface area contributed by atoms with Crippen LogP contribution in [0.2, 0.25) is 0 Å². The van der Waals surface area contributed by atoms with Crippen molar-refractivity contribution in [3.05, 3.63) is 53.7 Å². The van der Waals surface area contributed by atoms with Crippen molar-refractivity contribution in [3.63, 3.8) is 0 Å². The zero-order valence-electron chi connectivity index (χ0n) is 14.6. The van der Waals surface area contributed by atoms with Gasteiger partial charge in [0.1, 0.15) is 17.1 Å². The average Bonchev–Trinajstić information content (AvgIpc) is 2.68. The van der Waals surface area contributed by atoms with E-state index in [1.165, 1.54) is 12.1 Å². The lowest BCUT2D eigenvalue weighted by molar-refractivity contribution is -0.134. The highest BCUT2D eigenvalue weighted by atomic mass is 16.5. The lowest BCUT2D eigenvalue weighted by atomic mass is 10.1. The SMILES string of the molecule is Cc1ccc(O)c(C(=O)OCC(=O)N2CCN(c3ccccn3)CC2)c1. The molecule has 1 saturated heterocycles. The van der Waals surface area contributed by atoms with E-state index < -0.39 is 5.97 Å². The number of ether oxygens (including phenoxy) is 1. The van der Waals surface area contributed by atoms with Gasteiger partial charge in [0.05, 0.1) is 0 Å². The highest BCUT2D eigenvalue weighted by Gasteiger charge is 2.23. The summed E-state index contributed by atoms with van der Waals surface area (Å²) in [4.78, 5) is 32.4. The normalized spacial score (nSPS) is 14.2. The van der Waals surface area contributed by atoms with Crippen molar-refractivity contribution < 1.29 is 19.4 Å². The number of aromatic hydroxyl groups is 1. The minimum absolute atomic E-state index is 0.0674. The number of phenolic OH excluding ortho intramolecular Hbond substituents is 1. The fourth-order valence-electron chi connectivity index (χ4n) is 2.84. The van der Waals surface area contributed by atoms with Crippen LogP contribution in [0.3, 0.4) is 0 Å². The summed E-state index contributed by atoms with van der Waals surface area (Å²) in [7, 11) is 0. The first kappa shape index (κ1) is 17.7. The lowest BCUT2D eigenvalue weighted by Crippen LogP contribution is -2.50. The number of benzene rings is 1. The highest BCUT2D eigenvalue weighted by Crippen LogP contribution is 2.19. The Hall–Kier alpha value is -3.09. The molecule has 1 aromatic heterocycles. The van der Waals surface area contributed by atoms with Gasteiger partial charge < -0.3 is 19.6 Å². The third-order valence-electron chi connectivity index (χ3n) is 4.30. The number of amides is 1. The zero-order chi connectivity index (χ0) is 18.5. The van der Waals surface area contributed by atoms with Crippen LogP contribution in [-0.4, -0.2) is 59.7 Å². The first-order valence-electron chi connectivity index (χ1n) is 8.45. The number of pyridine rings is 1. The van der Waals surface area contributed by atoms with Crippen LogP contribution < -0.4 is 4.90 Å². The van der Waals surface area contributed by atoms with Crippen molar-refractivity contribution in [2.75, 3.05) is 37.7 Å². The third-order valence-corrected chi connectivity index (χ3v) is 4.30. The summed E-state index contributed by atoms with van der Waals surface area (Å²) in [5, 5.41) is 9.75. The number of aromatic nitrogens is 1. The van der Waals surface area contributed by atoms with Crippen molar-refractivity contribution in [2.45, 2.75) is 6.92 Å². The Morgan fingerprint density at radius 2 is 1.92 bits per heavy atom. The minimum Gasteiger partial charge on any atom is -0.507 e. The van der Waals surface area contributed by atoms with Crippen molar-refractivity contribution in [2.24, 2.45) is 0 Å². The van der Waals surface area contributed by atoms with Crippen LogP contribution in [0.5, 0.6) is 5.75 Å². The second kappa shape index (κ2) is 7.86. The van der Waals surface area contributed by atoms with Crippen LogP contribution in [0.15, 0.2) is 42.6 Å². The first-order chi connectivity index (χ1) is 12.5. The van der Waals surface area contributed by atoms with Gasteiger partial charge in [-0.1, -0.05) is 17.7 Å². The zero-order valence-corrected chi connectivity index (χ0v) is 14.6. The van der Waals surface area contributed by atoms with Gasteiger partial charge in [0.2, 0.25) is 0 Å². The van der Waals surface area contributed by atoms with Crippen LogP contribution in [0.4, 0.5) is 5.82 Å². The molecule has 3 rings (SSSR count). The first-order valence-corrected chi connectivity index (χ1v) is 8.45. The fraction of sp³-hybridized carbons (Fsp3) is 0.316. The molecule has 1 aliphatic heterocycles. The quantitative estimate of drug-likeness (QED) is 0.839. The van der Waals surface area contributed by atoms with Crippen LogP contribution in [-0.2, 0) is 9.53 Å². The maximum Gasteiger partial charge on any atom is 0.342 e. The van der Waals surface area contributed by atoms with Crippen LogP contribution >= 0.6 is 0 Å². The molecule has 0 atom stereocenters. The summed E-state index contributed by atoms with van der Waals surface area (Å²) >= 11 is 0. The van der Waals surface area contributed by atoms with Crippen molar-refractivity contribution >= 4 is 17.7 Å². The molecule has 7 nitrogen and oxygen atoms in total. The maximum absolute atomic E-state index is 12.3. The number of rotatable bonds is 4. The van der Waals surface area contributed by atoms with E-state index >= 15 is 0 Å². The number of hydrogen-bond donors (Lipinski definition) is 1. The van der Waals surface area contributed by atoms with Gasteiger partial charge in [-0.25, -0.2) is 9.78 Å². The number of hydrogen-bond acceptors (Lipinski definition) is 6. The van der Waals surface area contributed by atoms with Crippen LogP contribution in [0.25, 0.3) is 0 Å². The van der Waals surface area contributed by atoms with Crippen molar-refractivity contribution in [1.29, 1.82) is 0 Å². The smallest absolute Gasteiger partial charge is 0.342 e. The lowest BCUT2D eigenvalue weighted by Gasteiger charge is -2.35. The van der Waals surface area contributed by atoms with Crippen molar-refractivity contribution in [1.82, 2.24) is 9.88 Å². The number of carbonyl (C=O) groups is 2. The minimum atomic E-state index is -0.702. The number of aryl methyl sites for hydroxylation is 1. The molecule has 0 aliphatic carbocycles. The largest absolute Gasteiger partial charge is 0.507 e. The molecule has 7 heteroatoms. The Kier molecular flexibility index (Phi) is 5.36. The summed E-state index contributed by atoms with van der Waals surface area (Å²) < 4.78 is 5.07. The molecule has 0 radical (unpaired) electrons. The average molecular weight is 355 g/mol. The molecule has 2 aromatic rings. The van der Waals surface area contributed by atoms with Gasteiger partial charge in [0.15, 0.2) is 6.61 Å². The summed E-state index contributed by atoms with van der Waals surface area (Å²) in [5.74, 6) is -0.212. The molecule has 1 amide bonds. The van der Waals surface area contributed by atoms with Gasteiger partial charge in [-0.05, 0) is 31.2 Å². The Morgan fingerprint density at radius 3 is 2.62 bits per heavy atom. The molecule has 136 valence electrons. The van der Waals surface area contributed by atoms with Gasteiger partial charge in [0.25, 0.3) is 5.91 Å². The molecule has 0 unspecified atom stereocenters. The molecule has 1 fully saturated rings. The predicted octanol–water partition coefficient (Wildman–Crippen LogP) is 1.60. The van der Waals surface area contributed by atoms with E-state index in [1.54, 1.807) is 17.2 Å². The van der Waals surface area contributed by atoms with Crippen LogP contribution in [0, 0.1) is 6.92 Å².